The van der Waals surface area contributed by atoms with Crippen molar-refractivity contribution in [1.82, 2.24) is 0 Å². The highest BCUT2D eigenvalue weighted by Crippen LogP contribution is 2.30. The minimum atomic E-state index is -2.52. The summed E-state index contributed by atoms with van der Waals surface area (Å²) < 4.78 is 24.8. The maximum atomic E-state index is 12.4. The molecule has 0 amide bonds. The van der Waals surface area contributed by atoms with Crippen LogP contribution in [0.4, 0.5) is 8.78 Å². The van der Waals surface area contributed by atoms with E-state index in [2.05, 4.69) is 0 Å². The van der Waals surface area contributed by atoms with Crippen molar-refractivity contribution in [1.29, 1.82) is 0 Å². The van der Waals surface area contributed by atoms with Crippen LogP contribution in [-0.4, -0.2) is 6.43 Å². The zero-order chi connectivity index (χ0) is 9.35. The van der Waals surface area contributed by atoms with E-state index in [0.29, 0.717) is 4.88 Å². The lowest BCUT2D eigenvalue weighted by Crippen LogP contribution is -2.39. The molecule has 0 fully saturated rings. The molecule has 0 aliphatic rings. The largest absolute Gasteiger partial charge is 0.316 e. The molecule has 0 saturated carbocycles. The van der Waals surface area contributed by atoms with Gasteiger partial charge in [0.2, 0.25) is 0 Å². The van der Waals surface area contributed by atoms with E-state index in [4.69, 9.17) is 5.73 Å². The highest BCUT2D eigenvalue weighted by Gasteiger charge is 2.33. The zero-order valence-corrected chi connectivity index (χ0v) is 7.79. The van der Waals surface area contributed by atoms with Gasteiger partial charge in [0.1, 0.15) is 5.54 Å². The van der Waals surface area contributed by atoms with E-state index >= 15 is 0 Å². The second kappa shape index (κ2) is 3.11. The zero-order valence-electron chi connectivity index (χ0n) is 6.97. The Bertz CT molecular complexity index is 268. The van der Waals surface area contributed by atoms with Crippen molar-refractivity contribution in [2.75, 3.05) is 0 Å². The van der Waals surface area contributed by atoms with Gasteiger partial charge in [-0.05, 0) is 30.9 Å². The van der Waals surface area contributed by atoms with Crippen LogP contribution in [0, 0.1) is 6.92 Å². The fourth-order valence-corrected chi connectivity index (χ4v) is 1.80. The lowest BCUT2D eigenvalue weighted by molar-refractivity contribution is 0.0644. The molecular weight excluding hydrogens is 180 g/mol. The molecule has 0 aliphatic heterocycles. The van der Waals surface area contributed by atoms with Crippen LogP contribution in [0.1, 0.15) is 17.4 Å². The van der Waals surface area contributed by atoms with Crippen molar-refractivity contribution in [2.45, 2.75) is 25.8 Å². The predicted molar refractivity (Wildman–Crippen MR) is 46.6 cm³/mol. The van der Waals surface area contributed by atoms with Crippen molar-refractivity contribution < 1.29 is 8.78 Å². The number of hydrogen-bond donors (Lipinski definition) is 1. The van der Waals surface area contributed by atoms with Gasteiger partial charge in [0.05, 0.1) is 0 Å². The Morgan fingerprint density at radius 2 is 2.17 bits per heavy atom. The average Bonchev–Trinajstić information content (AvgIpc) is 2.35. The summed E-state index contributed by atoms with van der Waals surface area (Å²) in [6.07, 6.45) is -2.52. The molecule has 1 atom stereocenters. The smallest absolute Gasteiger partial charge is 0.260 e. The van der Waals surface area contributed by atoms with Crippen LogP contribution in [0.25, 0.3) is 0 Å². The van der Waals surface area contributed by atoms with Crippen LogP contribution >= 0.6 is 11.3 Å². The maximum Gasteiger partial charge on any atom is 0.260 e. The predicted octanol–water partition coefficient (Wildman–Crippen LogP) is 2.50. The van der Waals surface area contributed by atoms with Crippen molar-refractivity contribution in [3.63, 3.8) is 0 Å². The molecule has 1 aromatic heterocycles. The lowest BCUT2D eigenvalue weighted by atomic mass is 10.0. The third-order valence-corrected chi connectivity index (χ3v) is 3.02. The maximum absolute atomic E-state index is 12.4. The van der Waals surface area contributed by atoms with E-state index in [-0.39, 0.29) is 0 Å². The summed E-state index contributed by atoms with van der Waals surface area (Å²) >= 11 is 1.28. The molecule has 12 heavy (non-hydrogen) atoms. The van der Waals surface area contributed by atoms with E-state index in [1.807, 2.05) is 12.3 Å². The molecule has 1 rings (SSSR count). The fraction of sp³-hybridized carbons (Fsp3) is 0.500. The van der Waals surface area contributed by atoms with Gasteiger partial charge in [0, 0.05) is 4.88 Å². The molecule has 2 N–H and O–H groups in total. The van der Waals surface area contributed by atoms with E-state index in [1.54, 1.807) is 6.07 Å². The third kappa shape index (κ3) is 1.64. The molecule has 0 aliphatic carbocycles. The molecular formula is C8H11F2NS. The van der Waals surface area contributed by atoms with E-state index in [0.717, 1.165) is 5.56 Å². The molecule has 0 bridgehead atoms. The molecule has 0 radical (unpaired) electrons. The summed E-state index contributed by atoms with van der Waals surface area (Å²) in [6, 6.07) is 1.71. The molecule has 1 nitrogen and oxygen atoms in total. The quantitative estimate of drug-likeness (QED) is 0.763. The van der Waals surface area contributed by atoms with Crippen molar-refractivity contribution >= 4 is 11.3 Å². The van der Waals surface area contributed by atoms with Crippen LogP contribution in [-0.2, 0) is 5.54 Å². The SMILES string of the molecule is Cc1csc(C(C)(N)C(F)F)c1. The Morgan fingerprint density at radius 1 is 1.58 bits per heavy atom. The van der Waals surface area contributed by atoms with Gasteiger partial charge in [0.25, 0.3) is 6.43 Å². The monoisotopic (exact) mass is 191 g/mol. The number of thiophene rings is 1. The Balaban J connectivity index is 2.97. The summed E-state index contributed by atoms with van der Waals surface area (Å²) in [4.78, 5) is 0.537. The molecule has 68 valence electrons. The first-order valence-corrected chi connectivity index (χ1v) is 4.45. The Kier molecular flexibility index (Phi) is 2.49. The number of rotatable bonds is 2. The van der Waals surface area contributed by atoms with Crippen LogP contribution in [0.5, 0.6) is 0 Å². The molecule has 4 heteroatoms. The first kappa shape index (κ1) is 9.61. The first-order valence-electron chi connectivity index (χ1n) is 3.57. The summed E-state index contributed by atoms with van der Waals surface area (Å²) in [5, 5.41) is 1.82. The highest BCUT2D eigenvalue weighted by atomic mass is 32.1. The van der Waals surface area contributed by atoms with Gasteiger partial charge in [-0.1, -0.05) is 0 Å². The van der Waals surface area contributed by atoms with Crippen LogP contribution in [0.15, 0.2) is 11.4 Å². The van der Waals surface area contributed by atoms with Gasteiger partial charge >= 0.3 is 0 Å². The summed E-state index contributed by atoms with van der Waals surface area (Å²) in [7, 11) is 0. The summed E-state index contributed by atoms with van der Waals surface area (Å²) in [5.74, 6) is 0. The van der Waals surface area contributed by atoms with Crippen LogP contribution < -0.4 is 5.73 Å². The van der Waals surface area contributed by atoms with E-state index in [9.17, 15) is 8.78 Å². The van der Waals surface area contributed by atoms with Gasteiger partial charge in [0.15, 0.2) is 0 Å². The number of nitrogens with two attached hydrogens (primary N) is 1. The molecule has 0 spiro atoms. The van der Waals surface area contributed by atoms with Gasteiger partial charge in [-0.3, -0.25) is 0 Å². The average molecular weight is 191 g/mol. The fourth-order valence-electron chi connectivity index (χ4n) is 0.821. The number of hydrogen-bond acceptors (Lipinski definition) is 2. The number of alkyl halides is 2. The molecule has 1 unspecified atom stereocenters. The molecule has 1 aromatic rings. The minimum absolute atomic E-state index is 0.537. The topological polar surface area (TPSA) is 26.0 Å². The molecule has 1 heterocycles. The minimum Gasteiger partial charge on any atom is -0.316 e. The Labute approximate surface area is 74.2 Å². The van der Waals surface area contributed by atoms with E-state index in [1.165, 1.54) is 18.3 Å². The normalized spacial score (nSPS) is 16.5. The van der Waals surface area contributed by atoms with Gasteiger partial charge in [-0.15, -0.1) is 11.3 Å². The first-order chi connectivity index (χ1) is 5.44. The van der Waals surface area contributed by atoms with Crippen molar-refractivity contribution in [3.8, 4) is 0 Å². The molecule has 0 saturated heterocycles. The second-order valence-electron chi connectivity index (χ2n) is 3.07. The van der Waals surface area contributed by atoms with Gasteiger partial charge in [-0.2, -0.15) is 0 Å². The van der Waals surface area contributed by atoms with E-state index < -0.39 is 12.0 Å². The Hall–Kier alpha value is -0.480. The second-order valence-corrected chi connectivity index (χ2v) is 3.98. The van der Waals surface area contributed by atoms with Gasteiger partial charge in [-0.25, -0.2) is 8.78 Å². The third-order valence-electron chi connectivity index (χ3n) is 1.71. The summed E-state index contributed by atoms with van der Waals surface area (Å²) in [6.45, 7) is 3.21. The molecule has 0 aromatic carbocycles. The summed E-state index contributed by atoms with van der Waals surface area (Å²) in [5.41, 5.74) is 4.93. The van der Waals surface area contributed by atoms with Crippen molar-refractivity contribution in [3.05, 3.63) is 21.9 Å². The van der Waals surface area contributed by atoms with Gasteiger partial charge < -0.3 is 5.73 Å². The van der Waals surface area contributed by atoms with Crippen LogP contribution in [0.3, 0.4) is 0 Å². The number of aryl methyl sites for hydroxylation is 1. The van der Waals surface area contributed by atoms with Crippen LogP contribution in [0.2, 0.25) is 0 Å². The lowest BCUT2D eigenvalue weighted by Gasteiger charge is -2.21. The Morgan fingerprint density at radius 3 is 2.50 bits per heavy atom. The number of halogens is 2. The highest BCUT2D eigenvalue weighted by molar-refractivity contribution is 7.10. The standard InChI is InChI=1S/C8H11F2NS/c1-5-3-6(12-4-5)8(2,11)7(9)10/h3-4,7H,11H2,1-2H3. The van der Waals surface area contributed by atoms with Crippen molar-refractivity contribution in [2.24, 2.45) is 5.73 Å².